The van der Waals surface area contributed by atoms with Crippen LogP contribution in [0.4, 0.5) is 5.69 Å². The number of benzene rings is 2. The number of nitrogens with one attached hydrogen (secondary N) is 1. The van der Waals surface area contributed by atoms with Crippen LogP contribution in [0.2, 0.25) is 0 Å². The molecule has 3 aromatic rings. The zero-order chi connectivity index (χ0) is 13.9. The summed E-state index contributed by atoms with van der Waals surface area (Å²) < 4.78 is 0. The third kappa shape index (κ3) is 2.50. The van der Waals surface area contributed by atoms with Crippen LogP contribution >= 0.6 is 23.6 Å². The number of nitrogens with two attached hydrogens (primary N) is 1. The fraction of sp³-hybridized carbons (Fsp3) is 0.0667. The van der Waals surface area contributed by atoms with Gasteiger partial charge in [-0.15, -0.1) is 11.3 Å². The van der Waals surface area contributed by atoms with E-state index in [2.05, 4.69) is 16.4 Å². The molecule has 0 aliphatic heterocycles. The summed E-state index contributed by atoms with van der Waals surface area (Å²) in [5, 5.41) is 8.65. The topological polar surface area (TPSA) is 50.9 Å². The molecule has 0 saturated heterocycles. The molecule has 0 saturated carbocycles. The van der Waals surface area contributed by atoms with Gasteiger partial charge in [0.05, 0.1) is 6.54 Å². The van der Waals surface area contributed by atoms with Crippen molar-refractivity contribution in [1.82, 2.24) is 4.98 Å². The van der Waals surface area contributed by atoms with E-state index < -0.39 is 0 Å². The highest BCUT2D eigenvalue weighted by molar-refractivity contribution is 7.80. The number of hydrogen-bond acceptors (Lipinski definition) is 4. The van der Waals surface area contributed by atoms with E-state index in [1.165, 1.54) is 0 Å². The summed E-state index contributed by atoms with van der Waals surface area (Å²) in [7, 11) is 0. The molecule has 1 heterocycles. The van der Waals surface area contributed by atoms with Gasteiger partial charge in [-0.3, -0.25) is 0 Å². The number of anilines is 1. The molecule has 0 unspecified atom stereocenters. The van der Waals surface area contributed by atoms with Gasteiger partial charge in [0.25, 0.3) is 0 Å². The average Bonchev–Trinajstić information content (AvgIpc) is 2.97. The van der Waals surface area contributed by atoms with Crippen LogP contribution in [0.5, 0.6) is 0 Å². The average molecular weight is 299 g/mol. The van der Waals surface area contributed by atoms with E-state index in [9.17, 15) is 0 Å². The molecular weight excluding hydrogens is 286 g/mol. The maximum Gasteiger partial charge on any atom is 0.112 e. The van der Waals surface area contributed by atoms with Gasteiger partial charge in [-0.05, 0) is 17.5 Å². The largest absolute Gasteiger partial charge is 0.389 e. The SMILES string of the molecule is NC(=S)c1ccc(NCc2nccs2)c2ccccc12. The summed E-state index contributed by atoms with van der Waals surface area (Å²) >= 11 is 6.75. The minimum absolute atomic E-state index is 0.424. The second-order valence-corrected chi connectivity index (χ2v) is 5.77. The van der Waals surface area contributed by atoms with Crippen LogP contribution in [0.1, 0.15) is 10.6 Å². The molecule has 0 bridgehead atoms. The van der Waals surface area contributed by atoms with Crippen molar-refractivity contribution in [3.63, 3.8) is 0 Å². The van der Waals surface area contributed by atoms with Crippen LogP contribution in [-0.2, 0) is 6.54 Å². The Balaban J connectivity index is 1.99. The van der Waals surface area contributed by atoms with E-state index >= 15 is 0 Å². The van der Waals surface area contributed by atoms with Crippen molar-refractivity contribution in [1.29, 1.82) is 0 Å². The second-order valence-electron chi connectivity index (χ2n) is 4.35. The minimum Gasteiger partial charge on any atom is -0.389 e. The Morgan fingerprint density at radius 2 is 2.00 bits per heavy atom. The molecule has 3 N–H and O–H groups in total. The van der Waals surface area contributed by atoms with Crippen molar-refractivity contribution < 1.29 is 0 Å². The van der Waals surface area contributed by atoms with Crippen LogP contribution in [0.25, 0.3) is 10.8 Å². The van der Waals surface area contributed by atoms with Crippen molar-refractivity contribution in [3.05, 3.63) is 58.5 Å². The molecule has 0 aliphatic carbocycles. The maximum atomic E-state index is 5.78. The van der Waals surface area contributed by atoms with Crippen LogP contribution in [0.3, 0.4) is 0 Å². The fourth-order valence-corrected chi connectivity index (χ4v) is 2.91. The van der Waals surface area contributed by atoms with E-state index in [0.29, 0.717) is 11.5 Å². The third-order valence-corrected chi connectivity index (χ3v) is 4.10. The number of thiocarbonyl (C=S) groups is 1. The van der Waals surface area contributed by atoms with Crippen molar-refractivity contribution in [2.75, 3.05) is 5.32 Å². The van der Waals surface area contributed by atoms with Crippen LogP contribution in [0, 0.1) is 0 Å². The zero-order valence-electron chi connectivity index (χ0n) is 10.7. The van der Waals surface area contributed by atoms with E-state index in [4.69, 9.17) is 18.0 Å². The normalized spacial score (nSPS) is 10.6. The first-order valence-corrected chi connectivity index (χ1v) is 7.48. The van der Waals surface area contributed by atoms with Crippen LogP contribution in [-0.4, -0.2) is 9.97 Å². The number of aromatic nitrogens is 1. The first-order valence-electron chi connectivity index (χ1n) is 6.19. The summed E-state index contributed by atoms with van der Waals surface area (Å²) in [6.45, 7) is 0.716. The Hall–Kier alpha value is -1.98. The smallest absolute Gasteiger partial charge is 0.112 e. The Labute approximate surface area is 126 Å². The van der Waals surface area contributed by atoms with Gasteiger partial charge in [0.15, 0.2) is 0 Å². The molecule has 0 spiro atoms. The quantitative estimate of drug-likeness (QED) is 0.723. The molecule has 100 valence electrons. The number of thiazole rings is 1. The van der Waals surface area contributed by atoms with Gasteiger partial charge in [-0.2, -0.15) is 0 Å². The summed E-state index contributed by atoms with van der Waals surface area (Å²) in [6, 6.07) is 12.1. The molecule has 3 nitrogen and oxygen atoms in total. The molecule has 20 heavy (non-hydrogen) atoms. The first-order chi connectivity index (χ1) is 9.75. The zero-order valence-corrected chi connectivity index (χ0v) is 12.3. The standard InChI is InChI=1S/C15H13N3S2/c16-15(19)12-5-6-13(11-4-2-1-3-10(11)12)18-9-14-17-7-8-20-14/h1-8,18H,9H2,(H2,16,19). The predicted molar refractivity (Wildman–Crippen MR) is 89.3 cm³/mol. The molecule has 5 heteroatoms. The lowest BCUT2D eigenvalue weighted by molar-refractivity contribution is 1.11. The van der Waals surface area contributed by atoms with E-state index in [1.807, 2.05) is 41.9 Å². The van der Waals surface area contributed by atoms with Crippen LogP contribution in [0.15, 0.2) is 48.0 Å². The van der Waals surface area contributed by atoms with Crippen molar-refractivity contribution in [2.24, 2.45) is 5.73 Å². The van der Waals surface area contributed by atoms with Crippen LogP contribution < -0.4 is 11.1 Å². The Bertz CT molecular complexity index is 751. The van der Waals surface area contributed by atoms with E-state index in [1.54, 1.807) is 11.3 Å². The number of hydrogen-bond donors (Lipinski definition) is 2. The monoisotopic (exact) mass is 299 g/mol. The van der Waals surface area contributed by atoms with Gasteiger partial charge >= 0.3 is 0 Å². The van der Waals surface area contributed by atoms with Gasteiger partial charge in [-0.1, -0.05) is 36.5 Å². The molecule has 0 atom stereocenters. The van der Waals surface area contributed by atoms with E-state index in [0.717, 1.165) is 27.0 Å². The molecule has 3 rings (SSSR count). The lowest BCUT2D eigenvalue weighted by Crippen LogP contribution is -2.10. The fourth-order valence-electron chi connectivity index (χ4n) is 2.18. The van der Waals surface area contributed by atoms with Gasteiger partial charge < -0.3 is 11.1 Å². The van der Waals surface area contributed by atoms with E-state index in [-0.39, 0.29) is 0 Å². The van der Waals surface area contributed by atoms with Gasteiger partial charge in [0.2, 0.25) is 0 Å². The number of rotatable bonds is 4. The highest BCUT2D eigenvalue weighted by Gasteiger charge is 2.07. The summed E-state index contributed by atoms with van der Waals surface area (Å²) in [5.41, 5.74) is 7.76. The molecule has 0 aliphatic rings. The summed E-state index contributed by atoms with van der Waals surface area (Å²) in [4.78, 5) is 4.70. The summed E-state index contributed by atoms with van der Waals surface area (Å²) in [6.07, 6.45) is 1.82. The van der Waals surface area contributed by atoms with Crippen molar-refractivity contribution in [3.8, 4) is 0 Å². The predicted octanol–water partition coefficient (Wildman–Crippen LogP) is 3.54. The van der Waals surface area contributed by atoms with Crippen molar-refractivity contribution >= 4 is 45.0 Å². The summed E-state index contributed by atoms with van der Waals surface area (Å²) in [5.74, 6) is 0. The highest BCUT2D eigenvalue weighted by Crippen LogP contribution is 2.27. The molecule has 1 aromatic heterocycles. The minimum atomic E-state index is 0.424. The molecule has 0 fully saturated rings. The van der Waals surface area contributed by atoms with Gasteiger partial charge in [0, 0.05) is 28.2 Å². The Morgan fingerprint density at radius 1 is 1.20 bits per heavy atom. The Morgan fingerprint density at radius 3 is 2.70 bits per heavy atom. The maximum absolute atomic E-state index is 5.78. The first kappa shape index (κ1) is 13.0. The van der Waals surface area contributed by atoms with Gasteiger partial charge in [-0.25, -0.2) is 4.98 Å². The molecular formula is C15H13N3S2. The second kappa shape index (κ2) is 5.56. The lowest BCUT2D eigenvalue weighted by atomic mass is 10.0. The lowest BCUT2D eigenvalue weighted by Gasteiger charge is -2.11. The van der Waals surface area contributed by atoms with Crippen molar-refractivity contribution in [2.45, 2.75) is 6.54 Å². The van der Waals surface area contributed by atoms with Gasteiger partial charge in [0.1, 0.15) is 10.00 Å². The third-order valence-electron chi connectivity index (χ3n) is 3.10. The number of fused-ring (bicyclic) bond motifs is 1. The Kier molecular flexibility index (Phi) is 3.62. The highest BCUT2D eigenvalue weighted by atomic mass is 32.1. The molecule has 2 aromatic carbocycles. The molecule has 0 radical (unpaired) electrons. The number of nitrogens with zero attached hydrogens (tertiary/aromatic N) is 1. The molecule has 0 amide bonds.